The Morgan fingerprint density at radius 1 is 1.04 bits per heavy atom. The van der Waals surface area contributed by atoms with Gasteiger partial charge in [0.15, 0.2) is 17.5 Å². The van der Waals surface area contributed by atoms with Crippen LogP contribution in [0.15, 0.2) is 47.5 Å². The van der Waals surface area contributed by atoms with E-state index in [-0.39, 0.29) is 6.79 Å². The smallest absolute Gasteiger partial charge is 0.231 e. The quantitative estimate of drug-likeness (QED) is 0.449. The molecule has 138 valence electrons. The van der Waals surface area contributed by atoms with Crippen molar-refractivity contribution in [3.05, 3.63) is 48.0 Å². The summed E-state index contributed by atoms with van der Waals surface area (Å²) in [5.74, 6) is 3.77. The third kappa shape index (κ3) is 4.72. The number of nitrogens with zero attached hydrogens (tertiary/aromatic N) is 1. The zero-order valence-corrected chi connectivity index (χ0v) is 15.0. The second-order valence-electron chi connectivity index (χ2n) is 5.56. The average Bonchev–Trinajstić information content (AvgIpc) is 3.15. The molecule has 0 saturated carbocycles. The van der Waals surface area contributed by atoms with Crippen LogP contribution in [0.5, 0.6) is 23.0 Å². The van der Waals surface area contributed by atoms with Gasteiger partial charge in [0.25, 0.3) is 0 Å². The largest absolute Gasteiger partial charge is 0.497 e. The summed E-state index contributed by atoms with van der Waals surface area (Å²) in [5.41, 5.74) is 1.14. The van der Waals surface area contributed by atoms with Crippen LogP contribution in [0, 0.1) is 0 Å². The van der Waals surface area contributed by atoms with Crippen LogP contribution < -0.4 is 29.6 Å². The molecular weight excluding hydrogens is 334 g/mol. The van der Waals surface area contributed by atoms with E-state index in [1.54, 1.807) is 14.2 Å². The number of fused-ring (bicyclic) bond motifs is 1. The van der Waals surface area contributed by atoms with Crippen LogP contribution >= 0.6 is 0 Å². The van der Waals surface area contributed by atoms with Gasteiger partial charge in [0.1, 0.15) is 18.1 Å². The van der Waals surface area contributed by atoms with Crippen LogP contribution in [-0.4, -0.2) is 40.1 Å². The lowest BCUT2D eigenvalue weighted by Crippen LogP contribution is -2.38. The maximum atomic E-state index is 5.72. The first-order valence-corrected chi connectivity index (χ1v) is 8.38. The number of hydrogen-bond donors (Lipinski definition) is 2. The highest BCUT2D eigenvalue weighted by Crippen LogP contribution is 2.34. The highest BCUT2D eigenvalue weighted by Gasteiger charge is 2.13. The first-order valence-electron chi connectivity index (χ1n) is 8.38. The molecule has 1 heterocycles. The minimum absolute atomic E-state index is 0.260. The van der Waals surface area contributed by atoms with Gasteiger partial charge in [0, 0.05) is 19.7 Å². The van der Waals surface area contributed by atoms with Crippen LogP contribution in [0.3, 0.4) is 0 Å². The topological polar surface area (TPSA) is 73.3 Å². The monoisotopic (exact) mass is 357 g/mol. The van der Waals surface area contributed by atoms with Gasteiger partial charge in [-0.3, -0.25) is 4.99 Å². The summed E-state index contributed by atoms with van der Waals surface area (Å²) in [6.45, 7) is 2.06. The molecule has 0 bridgehead atoms. The molecule has 2 N–H and O–H groups in total. The van der Waals surface area contributed by atoms with Crippen molar-refractivity contribution in [1.29, 1.82) is 0 Å². The second kappa shape index (κ2) is 8.84. The Kier molecular flexibility index (Phi) is 6.03. The van der Waals surface area contributed by atoms with Crippen molar-refractivity contribution in [2.45, 2.75) is 6.54 Å². The number of methoxy groups -OCH3 is 1. The first-order chi connectivity index (χ1) is 12.8. The van der Waals surface area contributed by atoms with Gasteiger partial charge in [-0.25, -0.2) is 0 Å². The number of aliphatic imine (C=N–C) groups is 1. The Morgan fingerprint density at radius 2 is 1.81 bits per heavy atom. The number of hydrogen-bond acceptors (Lipinski definition) is 5. The molecular formula is C19H23N3O4. The molecule has 0 aliphatic carbocycles. The van der Waals surface area contributed by atoms with Crippen molar-refractivity contribution >= 4 is 5.96 Å². The van der Waals surface area contributed by atoms with E-state index in [1.807, 2.05) is 42.5 Å². The number of nitrogens with one attached hydrogen (secondary N) is 2. The Hall–Kier alpha value is -3.09. The van der Waals surface area contributed by atoms with Crippen LogP contribution in [0.4, 0.5) is 0 Å². The molecule has 2 aromatic rings. The predicted octanol–water partition coefficient (Wildman–Crippen LogP) is 2.17. The van der Waals surface area contributed by atoms with Crippen molar-refractivity contribution in [3.63, 3.8) is 0 Å². The summed E-state index contributed by atoms with van der Waals surface area (Å²) < 4.78 is 21.5. The molecule has 0 radical (unpaired) electrons. The summed E-state index contributed by atoms with van der Waals surface area (Å²) in [4.78, 5) is 4.21. The fraction of sp³-hybridized carbons (Fsp3) is 0.316. The van der Waals surface area contributed by atoms with Gasteiger partial charge in [-0.2, -0.15) is 0 Å². The second-order valence-corrected chi connectivity index (χ2v) is 5.56. The van der Waals surface area contributed by atoms with Crippen molar-refractivity contribution in [3.8, 4) is 23.0 Å². The summed E-state index contributed by atoms with van der Waals surface area (Å²) >= 11 is 0. The third-order valence-electron chi connectivity index (χ3n) is 3.85. The fourth-order valence-corrected chi connectivity index (χ4v) is 2.45. The van der Waals surface area contributed by atoms with Gasteiger partial charge in [-0.1, -0.05) is 12.1 Å². The molecule has 0 amide bonds. The molecule has 1 aliphatic heterocycles. The average molecular weight is 357 g/mol. The van der Waals surface area contributed by atoms with Gasteiger partial charge in [-0.05, 0) is 29.8 Å². The Balaban J connectivity index is 1.38. The molecule has 0 fully saturated rings. The normalized spacial score (nSPS) is 12.6. The molecule has 1 aliphatic rings. The van der Waals surface area contributed by atoms with Crippen molar-refractivity contribution in [1.82, 2.24) is 10.6 Å². The molecule has 7 nitrogen and oxygen atoms in total. The van der Waals surface area contributed by atoms with Crippen LogP contribution in [0.1, 0.15) is 5.56 Å². The highest BCUT2D eigenvalue weighted by molar-refractivity contribution is 5.79. The van der Waals surface area contributed by atoms with Crippen LogP contribution in [0.25, 0.3) is 0 Å². The maximum Gasteiger partial charge on any atom is 0.231 e. The lowest BCUT2D eigenvalue weighted by atomic mass is 10.2. The Labute approximate surface area is 152 Å². The number of rotatable bonds is 7. The maximum absolute atomic E-state index is 5.72. The molecule has 3 rings (SSSR count). The van der Waals surface area contributed by atoms with E-state index in [2.05, 4.69) is 15.6 Å². The van der Waals surface area contributed by atoms with Gasteiger partial charge >= 0.3 is 0 Å². The van der Waals surface area contributed by atoms with E-state index >= 15 is 0 Å². The first kappa shape index (κ1) is 17.7. The summed E-state index contributed by atoms with van der Waals surface area (Å²) in [6, 6.07) is 13.5. The molecule has 26 heavy (non-hydrogen) atoms. The van der Waals surface area contributed by atoms with Crippen LogP contribution in [0.2, 0.25) is 0 Å². The number of benzene rings is 2. The zero-order chi connectivity index (χ0) is 18.2. The molecule has 0 aromatic heterocycles. The van der Waals surface area contributed by atoms with Crippen molar-refractivity contribution in [2.75, 3.05) is 34.1 Å². The van der Waals surface area contributed by atoms with Gasteiger partial charge in [0.05, 0.1) is 13.7 Å². The van der Waals surface area contributed by atoms with Crippen molar-refractivity contribution < 1.29 is 18.9 Å². The van der Waals surface area contributed by atoms with E-state index in [0.29, 0.717) is 25.4 Å². The SMILES string of the molecule is CN=C(NCCOc1ccc2c(c1)OCO2)NCc1ccc(OC)cc1. The Bertz CT molecular complexity index is 747. The van der Waals surface area contributed by atoms with E-state index in [0.717, 1.165) is 28.8 Å². The third-order valence-corrected chi connectivity index (χ3v) is 3.85. The molecule has 0 unspecified atom stereocenters. The summed E-state index contributed by atoms with van der Waals surface area (Å²) in [6.07, 6.45) is 0. The van der Waals surface area contributed by atoms with Crippen molar-refractivity contribution in [2.24, 2.45) is 4.99 Å². The summed E-state index contributed by atoms with van der Waals surface area (Å²) in [7, 11) is 3.40. The minimum atomic E-state index is 0.260. The van der Waals surface area contributed by atoms with Gasteiger partial charge in [0.2, 0.25) is 6.79 Å². The molecule has 2 aromatic carbocycles. The lowest BCUT2D eigenvalue weighted by molar-refractivity contribution is 0.173. The standard InChI is InChI=1S/C19H23N3O4/c1-20-19(22-12-14-3-5-15(23-2)6-4-14)21-9-10-24-16-7-8-17-18(11-16)26-13-25-17/h3-8,11H,9-10,12-13H2,1-2H3,(H2,20,21,22). The van der Waals surface area contributed by atoms with Gasteiger partial charge in [-0.15, -0.1) is 0 Å². The van der Waals surface area contributed by atoms with E-state index in [4.69, 9.17) is 18.9 Å². The lowest BCUT2D eigenvalue weighted by Gasteiger charge is -2.13. The predicted molar refractivity (Wildman–Crippen MR) is 99.3 cm³/mol. The van der Waals surface area contributed by atoms with E-state index in [9.17, 15) is 0 Å². The van der Waals surface area contributed by atoms with E-state index in [1.165, 1.54) is 0 Å². The number of ether oxygens (including phenoxy) is 4. The molecule has 0 spiro atoms. The summed E-state index contributed by atoms with van der Waals surface area (Å²) in [5, 5.41) is 6.48. The van der Waals surface area contributed by atoms with Gasteiger partial charge < -0.3 is 29.6 Å². The van der Waals surface area contributed by atoms with E-state index < -0.39 is 0 Å². The fourth-order valence-electron chi connectivity index (χ4n) is 2.45. The highest BCUT2D eigenvalue weighted by atomic mass is 16.7. The zero-order valence-electron chi connectivity index (χ0n) is 15.0. The minimum Gasteiger partial charge on any atom is -0.497 e. The molecule has 7 heteroatoms. The van der Waals surface area contributed by atoms with Crippen LogP contribution in [-0.2, 0) is 6.54 Å². The molecule has 0 atom stereocenters. The number of guanidine groups is 1. The molecule has 0 saturated heterocycles. The Morgan fingerprint density at radius 3 is 2.58 bits per heavy atom.